The fraction of sp³-hybridized carbons (Fsp3) is 0.111. The van der Waals surface area contributed by atoms with Crippen LogP contribution in [0.4, 0.5) is 0 Å². The average Bonchev–Trinajstić information content (AvgIpc) is 2.60. The molecule has 2 aromatic carbocycles. The van der Waals surface area contributed by atoms with Crippen LogP contribution in [-0.4, -0.2) is 23.2 Å². The van der Waals surface area contributed by atoms with Crippen LogP contribution in [0.15, 0.2) is 46.9 Å². The van der Waals surface area contributed by atoms with Gasteiger partial charge >= 0.3 is 0 Å². The van der Waals surface area contributed by atoms with Crippen molar-refractivity contribution in [2.24, 2.45) is 5.73 Å². The zero-order valence-electron chi connectivity index (χ0n) is 13.4. The smallest absolute Gasteiger partial charge is 0.259 e. The molecule has 2 aromatic rings. The van der Waals surface area contributed by atoms with Gasteiger partial charge in [0.25, 0.3) is 5.91 Å². The molecule has 25 heavy (non-hydrogen) atoms. The molecule has 6 nitrogen and oxygen atoms in total. The Kier molecular flexibility index (Phi) is 5.93. The Morgan fingerprint density at radius 1 is 1.32 bits per heavy atom. The number of amides is 1. The molecule has 128 valence electrons. The van der Waals surface area contributed by atoms with Crippen molar-refractivity contribution in [3.05, 3.63) is 53.1 Å². The Morgan fingerprint density at radius 3 is 2.56 bits per heavy atom. The van der Waals surface area contributed by atoms with Crippen molar-refractivity contribution in [2.75, 3.05) is 7.11 Å². The maximum Gasteiger partial charge on any atom is 0.259 e. The largest absolute Gasteiger partial charge is 0.508 e. The van der Waals surface area contributed by atoms with Gasteiger partial charge in [0.15, 0.2) is 11.5 Å². The number of nitrogens with two attached hydrogens (primary N) is 1. The SMILES string of the molecule is COc1cc(/C=C(/C#N)C(N)=O)cc(CSc2ccc(O)cc2)c1O. The van der Waals surface area contributed by atoms with Crippen LogP contribution >= 0.6 is 11.8 Å². The Balaban J connectivity index is 2.33. The topological polar surface area (TPSA) is 117 Å². The number of phenols is 2. The van der Waals surface area contributed by atoms with E-state index >= 15 is 0 Å². The second kappa shape index (κ2) is 8.13. The normalized spacial score (nSPS) is 11.0. The summed E-state index contributed by atoms with van der Waals surface area (Å²) in [5.41, 5.74) is 6.05. The summed E-state index contributed by atoms with van der Waals surface area (Å²) in [6.45, 7) is 0. The first kappa shape index (κ1) is 18.2. The summed E-state index contributed by atoms with van der Waals surface area (Å²) in [5.74, 6) is -0.000937. The van der Waals surface area contributed by atoms with E-state index < -0.39 is 5.91 Å². The molecule has 4 N–H and O–H groups in total. The van der Waals surface area contributed by atoms with Crippen molar-refractivity contribution in [2.45, 2.75) is 10.6 Å². The van der Waals surface area contributed by atoms with Crippen molar-refractivity contribution in [1.82, 2.24) is 0 Å². The van der Waals surface area contributed by atoms with Crippen LogP contribution in [0.3, 0.4) is 0 Å². The van der Waals surface area contributed by atoms with E-state index in [4.69, 9.17) is 15.7 Å². The highest BCUT2D eigenvalue weighted by Crippen LogP contribution is 2.36. The van der Waals surface area contributed by atoms with Crippen LogP contribution in [0.5, 0.6) is 17.2 Å². The lowest BCUT2D eigenvalue weighted by molar-refractivity contribution is -0.114. The highest BCUT2D eigenvalue weighted by atomic mass is 32.2. The summed E-state index contributed by atoms with van der Waals surface area (Å²) >= 11 is 1.45. The van der Waals surface area contributed by atoms with E-state index in [2.05, 4.69) is 0 Å². The number of carbonyl (C=O) groups excluding carboxylic acids is 1. The molecule has 0 spiro atoms. The third-order valence-electron chi connectivity index (χ3n) is 3.32. The second-order valence-electron chi connectivity index (χ2n) is 5.05. The number of carbonyl (C=O) groups is 1. The fourth-order valence-electron chi connectivity index (χ4n) is 2.07. The van der Waals surface area contributed by atoms with Gasteiger partial charge in [-0.2, -0.15) is 5.26 Å². The minimum Gasteiger partial charge on any atom is -0.508 e. The van der Waals surface area contributed by atoms with Crippen LogP contribution < -0.4 is 10.5 Å². The highest BCUT2D eigenvalue weighted by Gasteiger charge is 2.12. The molecule has 0 radical (unpaired) electrons. The predicted molar refractivity (Wildman–Crippen MR) is 95.1 cm³/mol. The van der Waals surface area contributed by atoms with Crippen LogP contribution in [0.25, 0.3) is 6.08 Å². The number of aromatic hydroxyl groups is 2. The average molecular weight is 356 g/mol. The van der Waals surface area contributed by atoms with Crippen molar-refractivity contribution < 1.29 is 19.7 Å². The van der Waals surface area contributed by atoms with E-state index in [1.807, 2.05) is 0 Å². The number of rotatable bonds is 6. The van der Waals surface area contributed by atoms with Gasteiger partial charge in [-0.3, -0.25) is 4.79 Å². The maximum absolute atomic E-state index is 11.2. The first-order chi connectivity index (χ1) is 11.9. The molecule has 0 aliphatic carbocycles. The van der Waals surface area contributed by atoms with Gasteiger partial charge in [0.2, 0.25) is 0 Å². The molecule has 0 aliphatic rings. The molecule has 0 aliphatic heterocycles. The van der Waals surface area contributed by atoms with Gasteiger partial charge in [-0.15, -0.1) is 11.8 Å². The molecule has 0 fully saturated rings. The lowest BCUT2D eigenvalue weighted by Gasteiger charge is -2.11. The van der Waals surface area contributed by atoms with Crippen molar-refractivity contribution in [3.8, 4) is 23.3 Å². The van der Waals surface area contributed by atoms with E-state index in [9.17, 15) is 15.0 Å². The number of ether oxygens (including phenoxy) is 1. The molecule has 1 amide bonds. The maximum atomic E-state index is 11.2. The molecule has 0 atom stereocenters. The van der Waals surface area contributed by atoms with Gasteiger partial charge in [0, 0.05) is 16.2 Å². The second-order valence-corrected chi connectivity index (χ2v) is 6.10. The van der Waals surface area contributed by atoms with Gasteiger partial charge in [-0.25, -0.2) is 0 Å². The Hall–Kier alpha value is -3.11. The molecule has 0 bridgehead atoms. The van der Waals surface area contributed by atoms with Crippen LogP contribution in [-0.2, 0) is 10.5 Å². The number of hydrogen-bond acceptors (Lipinski definition) is 6. The minimum atomic E-state index is -0.824. The third kappa shape index (κ3) is 4.68. The van der Waals surface area contributed by atoms with Crippen LogP contribution in [0.1, 0.15) is 11.1 Å². The van der Waals surface area contributed by atoms with Gasteiger partial charge in [0.05, 0.1) is 7.11 Å². The first-order valence-corrected chi connectivity index (χ1v) is 8.16. The summed E-state index contributed by atoms with van der Waals surface area (Å²) in [6, 6.07) is 11.6. The van der Waals surface area contributed by atoms with Crippen LogP contribution in [0, 0.1) is 11.3 Å². The van der Waals surface area contributed by atoms with E-state index in [0.717, 1.165) is 4.90 Å². The molecule has 0 aromatic heterocycles. The number of primary amides is 1. The summed E-state index contributed by atoms with van der Waals surface area (Å²) in [6.07, 6.45) is 1.35. The van der Waals surface area contributed by atoms with E-state index in [-0.39, 0.29) is 22.8 Å². The number of benzene rings is 2. The fourth-order valence-corrected chi connectivity index (χ4v) is 2.94. The van der Waals surface area contributed by atoms with Gasteiger partial charge in [-0.05, 0) is 48.0 Å². The number of hydrogen-bond donors (Lipinski definition) is 3. The molecular formula is C18H16N2O4S. The van der Waals surface area contributed by atoms with Crippen molar-refractivity contribution in [1.29, 1.82) is 5.26 Å². The number of nitrogens with zero attached hydrogens (tertiary/aromatic N) is 1. The summed E-state index contributed by atoms with van der Waals surface area (Å²) < 4.78 is 5.15. The number of nitriles is 1. The third-order valence-corrected chi connectivity index (χ3v) is 4.38. The number of phenolic OH excluding ortho intramolecular Hbond substituents is 2. The zero-order valence-corrected chi connectivity index (χ0v) is 14.2. The number of methoxy groups -OCH3 is 1. The summed E-state index contributed by atoms with van der Waals surface area (Å²) in [5, 5.41) is 28.5. The molecule has 2 rings (SSSR count). The van der Waals surface area contributed by atoms with E-state index in [1.165, 1.54) is 31.0 Å². The first-order valence-electron chi connectivity index (χ1n) is 7.18. The van der Waals surface area contributed by atoms with E-state index in [1.54, 1.807) is 36.4 Å². The number of thioether (sulfide) groups is 1. The van der Waals surface area contributed by atoms with Crippen molar-refractivity contribution in [3.63, 3.8) is 0 Å². The molecular weight excluding hydrogens is 340 g/mol. The summed E-state index contributed by atoms with van der Waals surface area (Å²) in [7, 11) is 1.42. The minimum absolute atomic E-state index is 0.0106. The summed E-state index contributed by atoms with van der Waals surface area (Å²) in [4.78, 5) is 12.1. The molecule has 0 heterocycles. The van der Waals surface area contributed by atoms with Crippen molar-refractivity contribution >= 4 is 23.7 Å². The zero-order chi connectivity index (χ0) is 18.4. The van der Waals surface area contributed by atoms with E-state index in [0.29, 0.717) is 16.9 Å². The Labute approximate surface area is 149 Å². The quantitative estimate of drug-likeness (QED) is 0.416. The van der Waals surface area contributed by atoms with Crippen LogP contribution in [0.2, 0.25) is 0 Å². The lowest BCUT2D eigenvalue weighted by Crippen LogP contribution is -2.12. The van der Waals surface area contributed by atoms with Gasteiger partial charge < -0.3 is 20.7 Å². The van der Waals surface area contributed by atoms with Gasteiger partial charge in [0.1, 0.15) is 17.4 Å². The molecule has 0 saturated carbocycles. The molecule has 0 unspecified atom stereocenters. The standard InChI is InChI=1S/C18H16N2O4S/c1-24-16-8-11(6-12(9-19)18(20)23)7-13(17(16)22)10-25-15-4-2-14(21)3-5-15/h2-8,21-22H,10H2,1H3,(H2,20,23)/b12-6-. The van der Waals surface area contributed by atoms with Gasteiger partial charge in [-0.1, -0.05) is 0 Å². The Morgan fingerprint density at radius 2 is 2.00 bits per heavy atom. The Bertz CT molecular complexity index is 855. The molecule has 0 saturated heterocycles. The lowest BCUT2D eigenvalue weighted by atomic mass is 10.1. The monoisotopic (exact) mass is 356 g/mol. The predicted octanol–water partition coefficient (Wildman–Crippen LogP) is 2.79. The molecule has 7 heteroatoms. The highest BCUT2D eigenvalue weighted by molar-refractivity contribution is 7.98.